The van der Waals surface area contributed by atoms with Gasteiger partial charge in [0.15, 0.2) is 10.0 Å². The standard InChI is InChI=1S/C12H8N2O4S2/c15-11-8-3-1-2-4-9(8)18-7-10(11)20(16,17)14-12-13-5-6-19-12/h1-7H,(H,13,14). The quantitative estimate of drug-likeness (QED) is 0.800. The molecule has 3 aromatic rings. The number of fused-ring (bicyclic) bond motifs is 1. The first-order valence-electron chi connectivity index (χ1n) is 5.51. The number of nitrogens with one attached hydrogen (secondary N) is 1. The minimum atomic E-state index is -4.01. The molecule has 20 heavy (non-hydrogen) atoms. The molecular formula is C12H8N2O4S2. The summed E-state index contributed by atoms with van der Waals surface area (Å²) >= 11 is 1.12. The van der Waals surface area contributed by atoms with Crippen molar-refractivity contribution in [3.8, 4) is 0 Å². The Morgan fingerprint density at radius 1 is 1.25 bits per heavy atom. The van der Waals surface area contributed by atoms with Crippen LogP contribution in [0.15, 0.2) is 56.2 Å². The van der Waals surface area contributed by atoms with Crippen molar-refractivity contribution >= 4 is 37.5 Å². The van der Waals surface area contributed by atoms with Crippen molar-refractivity contribution in [2.75, 3.05) is 4.72 Å². The van der Waals surface area contributed by atoms with Gasteiger partial charge in [-0.25, -0.2) is 13.4 Å². The van der Waals surface area contributed by atoms with Crippen molar-refractivity contribution in [1.29, 1.82) is 0 Å². The molecule has 102 valence electrons. The van der Waals surface area contributed by atoms with Crippen LogP contribution in [0.3, 0.4) is 0 Å². The average molecular weight is 308 g/mol. The first-order valence-corrected chi connectivity index (χ1v) is 7.87. The van der Waals surface area contributed by atoms with Crippen molar-refractivity contribution < 1.29 is 12.8 Å². The molecule has 1 aromatic carbocycles. The molecule has 0 saturated carbocycles. The number of anilines is 1. The van der Waals surface area contributed by atoms with E-state index in [9.17, 15) is 13.2 Å². The summed E-state index contributed by atoms with van der Waals surface area (Å²) in [6.07, 6.45) is 2.41. The third-order valence-electron chi connectivity index (χ3n) is 2.59. The Kier molecular flexibility index (Phi) is 3.03. The smallest absolute Gasteiger partial charge is 0.270 e. The highest BCUT2D eigenvalue weighted by Gasteiger charge is 2.21. The zero-order valence-corrected chi connectivity index (χ0v) is 11.6. The average Bonchev–Trinajstić information content (AvgIpc) is 2.91. The van der Waals surface area contributed by atoms with E-state index in [0.717, 1.165) is 17.6 Å². The van der Waals surface area contributed by atoms with Crippen LogP contribution in [0.1, 0.15) is 0 Å². The lowest BCUT2D eigenvalue weighted by atomic mass is 10.2. The van der Waals surface area contributed by atoms with Crippen LogP contribution in [0, 0.1) is 0 Å². The van der Waals surface area contributed by atoms with Gasteiger partial charge in [-0.1, -0.05) is 12.1 Å². The van der Waals surface area contributed by atoms with Gasteiger partial charge in [-0.2, -0.15) is 0 Å². The summed E-state index contributed by atoms with van der Waals surface area (Å²) in [7, 11) is -4.01. The van der Waals surface area contributed by atoms with Gasteiger partial charge in [0.2, 0.25) is 5.43 Å². The van der Waals surface area contributed by atoms with Crippen LogP contribution in [-0.2, 0) is 10.0 Å². The van der Waals surface area contributed by atoms with Crippen LogP contribution in [0.25, 0.3) is 11.0 Å². The Morgan fingerprint density at radius 2 is 2.05 bits per heavy atom. The van der Waals surface area contributed by atoms with Crippen LogP contribution >= 0.6 is 11.3 Å². The molecule has 0 saturated heterocycles. The molecule has 0 aliphatic heterocycles. The van der Waals surface area contributed by atoms with Crippen molar-refractivity contribution in [2.24, 2.45) is 0 Å². The van der Waals surface area contributed by atoms with Gasteiger partial charge in [0.1, 0.15) is 11.8 Å². The third-order valence-corrected chi connectivity index (χ3v) is 4.73. The van der Waals surface area contributed by atoms with E-state index < -0.39 is 20.3 Å². The van der Waals surface area contributed by atoms with Gasteiger partial charge in [-0.05, 0) is 12.1 Å². The normalized spacial score (nSPS) is 11.6. The molecule has 0 spiro atoms. The molecule has 6 nitrogen and oxygen atoms in total. The summed E-state index contributed by atoms with van der Waals surface area (Å²) in [6.45, 7) is 0. The lowest BCUT2D eigenvalue weighted by molar-refractivity contribution is 0.569. The number of para-hydroxylation sites is 1. The Labute approximate surface area is 117 Å². The third kappa shape index (κ3) is 2.19. The molecule has 0 aliphatic rings. The van der Waals surface area contributed by atoms with Crippen LogP contribution in [0.5, 0.6) is 0 Å². The number of hydrogen-bond donors (Lipinski definition) is 1. The van der Waals surface area contributed by atoms with E-state index in [0.29, 0.717) is 5.58 Å². The number of thiazole rings is 1. The summed E-state index contributed by atoms with van der Waals surface area (Å²) in [5, 5.41) is 2.04. The molecule has 8 heteroatoms. The van der Waals surface area contributed by atoms with E-state index in [4.69, 9.17) is 4.42 Å². The number of aromatic nitrogens is 1. The lowest BCUT2D eigenvalue weighted by Gasteiger charge is -2.04. The van der Waals surface area contributed by atoms with Gasteiger partial charge in [-0.3, -0.25) is 9.52 Å². The van der Waals surface area contributed by atoms with Gasteiger partial charge in [0.25, 0.3) is 10.0 Å². The second-order valence-corrected chi connectivity index (χ2v) is 6.41. The van der Waals surface area contributed by atoms with Crippen molar-refractivity contribution in [3.63, 3.8) is 0 Å². The fourth-order valence-electron chi connectivity index (χ4n) is 1.69. The zero-order valence-electron chi connectivity index (χ0n) is 9.94. The summed E-state index contributed by atoms with van der Waals surface area (Å²) in [6, 6.07) is 6.46. The molecule has 2 aromatic heterocycles. The molecule has 0 atom stereocenters. The SMILES string of the molecule is O=c1c(S(=O)(=O)Nc2nccs2)coc2ccccc12. The van der Waals surface area contributed by atoms with Gasteiger partial charge in [0, 0.05) is 11.6 Å². The van der Waals surface area contributed by atoms with E-state index >= 15 is 0 Å². The molecule has 0 aliphatic carbocycles. The van der Waals surface area contributed by atoms with E-state index in [1.54, 1.807) is 23.6 Å². The highest BCUT2D eigenvalue weighted by atomic mass is 32.2. The molecule has 0 amide bonds. The van der Waals surface area contributed by atoms with E-state index in [2.05, 4.69) is 9.71 Å². The monoisotopic (exact) mass is 308 g/mol. The summed E-state index contributed by atoms with van der Waals surface area (Å²) in [5.74, 6) is 0. The largest absolute Gasteiger partial charge is 0.463 e. The number of nitrogens with zero attached hydrogens (tertiary/aromatic N) is 1. The number of hydrogen-bond acceptors (Lipinski definition) is 6. The first-order chi connectivity index (χ1) is 9.58. The van der Waals surface area contributed by atoms with E-state index in [1.165, 1.54) is 12.3 Å². The van der Waals surface area contributed by atoms with Crippen molar-refractivity contribution in [3.05, 3.63) is 52.3 Å². The summed E-state index contributed by atoms with van der Waals surface area (Å²) in [4.78, 5) is 15.6. The second kappa shape index (κ2) is 4.73. The van der Waals surface area contributed by atoms with Gasteiger partial charge >= 0.3 is 0 Å². The highest BCUT2D eigenvalue weighted by Crippen LogP contribution is 2.18. The maximum absolute atomic E-state index is 12.2. The van der Waals surface area contributed by atoms with Crippen LogP contribution in [0.2, 0.25) is 0 Å². The molecule has 0 radical (unpaired) electrons. The second-order valence-electron chi connectivity index (χ2n) is 3.87. The molecular weight excluding hydrogens is 300 g/mol. The first kappa shape index (κ1) is 12.8. The number of benzene rings is 1. The molecule has 0 unspecified atom stereocenters. The summed E-state index contributed by atoms with van der Waals surface area (Å²) in [5.41, 5.74) is -0.262. The molecule has 0 bridgehead atoms. The Bertz CT molecular complexity index is 914. The molecule has 1 N–H and O–H groups in total. The zero-order chi connectivity index (χ0) is 14.2. The maximum Gasteiger partial charge on any atom is 0.270 e. The van der Waals surface area contributed by atoms with Gasteiger partial charge in [0.05, 0.1) is 5.39 Å². The fraction of sp³-hybridized carbons (Fsp3) is 0. The van der Waals surface area contributed by atoms with Crippen LogP contribution < -0.4 is 10.2 Å². The van der Waals surface area contributed by atoms with Gasteiger partial charge in [-0.15, -0.1) is 11.3 Å². The summed E-state index contributed by atoms with van der Waals surface area (Å²) < 4.78 is 31.8. The minimum absolute atomic E-state index is 0.192. The molecule has 3 rings (SSSR count). The predicted molar refractivity (Wildman–Crippen MR) is 75.4 cm³/mol. The molecule has 0 fully saturated rings. The predicted octanol–water partition coefficient (Wildman–Crippen LogP) is 2.05. The topological polar surface area (TPSA) is 89.3 Å². The fourth-order valence-corrected chi connectivity index (χ4v) is 3.50. The van der Waals surface area contributed by atoms with E-state index in [-0.39, 0.29) is 10.5 Å². The van der Waals surface area contributed by atoms with Gasteiger partial charge < -0.3 is 4.42 Å². The van der Waals surface area contributed by atoms with Crippen LogP contribution in [0.4, 0.5) is 5.13 Å². The van der Waals surface area contributed by atoms with E-state index in [1.807, 2.05) is 0 Å². The highest BCUT2D eigenvalue weighted by molar-refractivity contribution is 7.93. The number of rotatable bonds is 3. The molecule has 2 heterocycles. The minimum Gasteiger partial charge on any atom is -0.463 e. The number of sulfonamides is 1. The maximum atomic E-state index is 12.2. The Morgan fingerprint density at radius 3 is 2.80 bits per heavy atom. The van der Waals surface area contributed by atoms with Crippen molar-refractivity contribution in [2.45, 2.75) is 4.90 Å². The van der Waals surface area contributed by atoms with Crippen LogP contribution in [-0.4, -0.2) is 13.4 Å². The lowest BCUT2D eigenvalue weighted by Crippen LogP contribution is -2.21. The van der Waals surface area contributed by atoms with Crippen molar-refractivity contribution in [1.82, 2.24) is 4.98 Å². The Hall–Kier alpha value is -2.19. The Balaban J connectivity index is 2.15.